The maximum absolute atomic E-state index is 8.90. The molecule has 0 saturated heterocycles. The van der Waals surface area contributed by atoms with E-state index in [4.69, 9.17) is 5.26 Å². The van der Waals surface area contributed by atoms with Crippen LogP contribution in [0.5, 0.6) is 0 Å². The third-order valence-electron chi connectivity index (χ3n) is 2.70. The fraction of sp³-hybridized carbons (Fsp3) is 0.500. The van der Waals surface area contributed by atoms with Gasteiger partial charge < -0.3 is 0 Å². The average Bonchev–Trinajstić information content (AvgIpc) is 3.03. The Labute approximate surface area is 139 Å². The van der Waals surface area contributed by atoms with E-state index in [1.54, 1.807) is 23.7 Å². The molecule has 0 bridgehead atoms. The molecule has 0 aromatic carbocycles. The molecule has 0 aliphatic heterocycles. The summed E-state index contributed by atoms with van der Waals surface area (Å²) in [6, 6.07) is 3.95. The third-order valence-corrected chi connectivity index (χ3v) is 4.15. The van der Waals surface area contributed by atoms with Crippen molar-refractivity contribution in [3.8, 4) is 16.6 Å². The van der Waals surface area contributed by atoms with Gasteiger partial charge in [0.1, 0.15) is 11.1 Å². The van der Waals surface area contributed by atoms with E-state index >= 15 is 0 Å². The molecule has 2 rings (SSSR count). The monoisotopic (exact) mass is 317 g/mol. The summed E-state index contributed by atoms with van der Waals surface area (Å²) in [6.45, 7) is 14.5. The zero-order valence-corrected chi connectivity index (χ0v) is 15.6. The number of rotatable bonds is 3. The van der Waals surface area contributed by atoms with Crippen molar-refractivity contribution >= 4 is 11.3 Å². The van der Waals surface area contributed by atoms with Crippen molar-refractivity contribution in [2.45, 2.75) is 60.8 Å². The molecule has 2 aromatic heterocycles. The van der Waals surface area contributed by atoms with Crippen molar-refractivity contribution in [2.75, 3.05) is 0 Å². The van der Waals surface area contributed by atoms with Crippen molar-refractivity contribution < 1.29 is 0 Å². The van der Waals surface area contributed by atoms with Crippen LogP contribution in [0.15, 0.2) is 18.5 Å². The van der Waals surface area contributed by atoms with Gasteiger partial charge in [0.25, 0.3) is 0 Å². The molecule has 0 aliphatic rings. The topological polar surface area (TPSA) is 49.6 Å². The second-order valence-electron chi connectivity index (χ2n) is 4.41. The van der Waals surface area contributed by atoms with Gasteiger partial charge in [-0.15, -0.1) is 11.3 Å². The normalized spacial score (nSPS) is 9.23. The van der Waals surface area contributed by atoms with Crippen molar-refractivity contribution in [3.63, 3.8) is 0 Å². The molecule has 120 valence electrons. The lowest BCUT2D eigenvalue weighted by atomic mass is 10.1. The van der Waals surface area contributed by atoms with E-state index in [2.05, 4.69) is 36.8 Å². The molecular formula is C18H27N3S. The lowest BCUT2D eigenvalue weighted by Gasteiger charge is -2.01. The van der Waals surface area contributed by atoms with E-state index in [1.807, 2.05) is 33.8 Å². The number of nitriles is 1. The number of hydrogen-bond donors (Lipinski definition) is 0. The van der Waals surface area contributed by atoms with Gasteiger partial charge in [-0.1, -0.05) is 48.5 Å². The van der Waals surface area contributed by atoms with Crippen molar-refractivity contribution in [3.05, 3.63) is 34.6 Å². The van der Waals surface area contributed by atoms with Crippen LogP contribution in [0.1, 0.15) is 70.5 Å². The highest BCUT2D eigenvalue weighted by Crippen LogP contribution is 2.32. The standard InChI is InChI=1S/C14H15N3S.2C2H6/c1-4-12-13(9(2)3)18-14(17-12)11-5-10(6-15)7-16-8-11;2*1-2/h5,7-9H,4H2,1-3H3;2*1-2H3. The molecule has 0 spiro atoms. The van der Waals surface area contributed by atoms with Crippen molar-refractivity contribution in [1.82, 2.24) is 9.97 Å². The van der Waals surface area contributed by atoms with E-state index in [1.165, 1.54) is 4.88 Å². The minimum absolute atomic E-state index is 0.485. The molecule has 2 aromatic rings. The predicted molar refractivity (Wildman–Crippen MR) is 96.2 cm³/mol. The molecule has 0 N–H and O–H groups in total. The van der Waals surface area contributed by atoms with Gasteiger partial charge in [-0.25, -0.2) is 4.98 Å². The Morgan fingerprint density at radius 2 is 1.82 bits per heavy atom. The van der Waals surface area contributed by atoms with Gasteiger partial charge >= 0.3 is 0 Å². The second-order valence-corrected chi connectivity index (χ2v) is 5.44. The minimum Gasteiger partial charge on any atom is -0.263 e. The number of pyridine rings is 1. The maximum atomic E-state index is 8.90. The Morgan fingerprint density at radius 3 is 2.27 bits per heavy atom. The van der Waals surface area contributed by atoms with Crippen molar-refractivity contribution in [2.24, 2.45) is 0 Å². The molecule has 0 aliphatic carbocycles. The van der Waals surface area contributed by atoms with Gasteiger partial charge in [0.05, 0.1) is 11.3 Å². The lowest BCUT2D eigenvalue weighted by molar-refractivity contribution is 0.856. The van der Waals surface area contributed by atoms with Crippen LogP contribution in [-0.2, 0) is 6.42 Å². The highest BCUT2D eigenvalue weighted by molar-refractivity contribution is 7.15. The van der Waals surface area contributed by atoms with Crippen LogP contribution in [0.3, 0.4) is 0 Å². The predicted octanol–water partition coefficient (Wildman–Crippen LogP) is 5.81. The average molecular weight is 318 g/mol. The molecule has 4 heteroatoms. The first-order chi connectivity index (χ1) is 10.7. The first-order valence-corrected chi connectivity index (χ1v) is 8.82. The summed E-state index contributed by atoms with van der Waals surface area (Å²) in [5.41, 5.74) is 2.67. The van der Waals surface area contributed by atoms with E-state index in [-0.39, 0.29) is 0 Å². The summed E-state index contributed by atoms with van der Waals surface area (Å²) in [6.07, 6.45) is 4.28. The van der Waals surface area contributed by atoms with Gasteiger partial charge in [-0.2, -0.15) is 5.26 Å². The summed E-state index contributed by atoms with van der Waals surface area (Å²) < 4.78 is 0. The summed E-state index contributed by atoms with van der Waals surface area (Å²) >= 11 is 1.70. The molecular weight excluding hydrogens is 290 g/mol. The number of aryl methyl sites for hydroxylation is 1. The summed E-state index contributed by atoms with van der Waals surface area (Å²) in [5.74, 6) is 0.485. The number of hydrogen-bond acceptors (Lipinski definition) is 4. The zero-order valence-electron chi connectivity index (χ0n) is 14.8. The van der Waals surface area contributed by atoms with Crippen LogP contribution in [0.2, 0.25) is 0 Å². The molecule has 2 heterocycles. The van der Waals surface area contributed by atoms with E-state index < -0.39 is 0 Å². The molecule has 0 atom stereocenters. The summed E-state index contributed by atoms with van der Waals surface area (Å²) in [7, 11) is 0. The smallest absolute Gasteiger partial charge is 0.125 e. The van der Waals surface area contributed by atoms with Gasteiger partial charge in [-0.05, 0) is 18.4 Å². The Kier molecular flexibility index (Phi) is 10.1. The maximum Gasteiger partial charge on any atom is 0.125 e. The van der Waals surface area contributed by atoms with Gasteiger partial charge in [-0.3, -0.25) is 4.98 Å². The van der Waals surface area contributed by atoms with Crippen LogP contribution in [0.4, 0.5) is 0 Å². The Bertz CT molecular complexity index is 595. The van der Waals surface area contributed by atoms with Crippen LogP contribution >= 0.6 is 11.3 Å². The van der Waals surface area contributed by atoms with Gasteiger partial charge in [0, 0.05) is 22.8 Å². The first kappa shape index (κ1) is 20.3. The third kappa shape index (κ3) is 5.23. The highest BCUT2D eigenvalue weighted by Gasteiger charge is 2.14. The molecule has 0 amide bonds. The Balaban J connectivity index is 0.00000102. The lowest BCUT2D eigenvalue weighted by Crippen LogP contribution is -1.90. The summed E-state index contributed by atoms with van der Waals surface area (Å²) in [5, 5.41) is 9.85. The SMILES string of the molecule is CC.CC.CCc1nc(-c2cncc(C#N)c2)sc1C(C)C. The molecule has 3 nitrogen and oxygen atoms in total. The van der Waals surface area contributed by atoms with Gasteiger partial charge in [0.15, 0.2) is 0 Å². The molecule has 22 heavy (non-hydrogen) atoms. The van der Waals surface area contributed by atoms with Crippen LogP contribution in [0.25, 0.3) is 10.6 Å². The van der Waals surface area contributed by atoms with Crippen LogP contribution in [-0.4, -0.2) is 9.97 Å². The van der Waals surface area contributed by atoms with E-state index in [9.17, 15) is 0 Å². The Morgan fingerprint density at radius 1 is 1.18 bits per heavy atom. The first-order valence-electron chi connectivity index (χ1n) is 8.00. The Hall–Kier alpha value is -1.73. The minimum atomic E-state index is 0.485. The molecule has 0 fully saturated rings. The molecule has 0 unspecified atom stereocenters. The van der Waals surface area contributed by atoms with Crippen molar-refractivity contribution in [1.29, 1.82) is 5.26 Å². The van der Waals surface area contributed by atoms with Crippen LogP contribution in [0, 0.1) is 11.3 Å². The number of aromatic nitrogens is 2. The van der Waals surface area contributed by atoms with Gasteiger partial charge in [0.2, 0.25) is 0 Å². The fourth-order valence-corrected chi connectivity index (χ4v) is 2.95. The molecule has 0 radical (unpaired) electrons. The molecule has 0 saturated carbocycles. The summed E-state index contributed by atoms with van der Waals surface area (Å²) in [4.78, 5) is 10.1. The zero-order chi connectivity index (χ0) is 17.1. The quantitative estimate of drug-likeness (QED) is 0.717. The van der Waals surface area contributed by atoms with Crippen LogP contribution < -0.4 is 0 Å². The fourth-order valence-electron chi connectivity index (χ4n) is 1.81. The highest BCUT2D eigenvalue weighted by atomic mass is 32.1. The van der Waals surface area contributed by atoms with E-state index in [0.29, 0.717) is 11.5 Å². The second kappa shape index (κ2) is 10.9. The van der Waals surface area contributed by atoms with E-state index in [0.717, 1.165) is 22.7 Å². The number of nitrogens with zero attached hydrogens (tertiary/aromatic N) is 3. The number of thiazole rings is 1. The largest absolute Gasteiger partial charge is 0.263 e.